The highest BCUT2D eigenvalue weighted by Crippen LogP contribution is 2.31. The summed E-state index contributed by atoms with van der Waals surface area (Å²) in [6, 6.07) is 15.7. The minimum absolute atomic E-state index is 0.213. The highest BCUT2D eigenvalue weighted by molar-refractivity contribution is 5.95. The van der Waals surface area contributed by atoms with Crippen LogP contribution in [-0.4, -0.2) is 70.0 Å². The number of β-amino-alcohol motifs (C(OH)–C–C–N with tert-alkyl or cyclic N) is 1. The van der Waals surface area contributed by atoms with Crippen LogP contribution in [0.25, 0.3) is 0 Å². The lowest BCUT2D eigenvalue weighted by atomic mass is 9.90. The van der Waals surface area contributed by atoms with Gasteiger partial charge in [-0.2, -0.15) is 10.1 Å². The van der Waals surface area contributed by atoms with Crippen LogP contribution in [0.15, 0.2) is 53.6 Å². The molecular formula is C25H30N4O4. The Labute approximate surface area is 194 Å². The zero-order valence-electron chi connectivity index (χ0n) is 19.1. The molecule has 2 saturated heterocycles. The summed E-state index contributed by atoms with van der Waals surface area (Å²) in [5.41, 5.74) is 2.70. The fourth-order valence-electron chi connectivity index (χ4n) is 4.47. The summed E-state index contributed by atoms with van der Waals surface area (Å²) >= 11 is 0. The summed E-state index contributed by atoms with van der Waals surface area (Å²) < 4.78 is 12.0. The molecule has 0 amide bonds. The van der Waals surface area contributed by atoms with E-state index in [9.17, 15) is 9.90 Å². The van der Waals surface area contributed by atoms with Crippen molar-refractivity contribution in [2.45, 2.75) is 51.3 Å². The summed E-state index contributed by atoms with van der Waals surface area (Å²) in [5.74, 6) is 1.22. The number of aryl methyl sites for hydroxylation is 1. The first-order valence-corrected chi connectivity index (χ1v) is 11.5. The number of nitrogens with zero attached hydrogens (tertiary/aromatic N) is 4. The van der Waals surface area contributed by atoms with Crippen molar-refractivity contribution in [2.75, 3.05) is 19.6 Å². The highest BCUT2D eigenvalue weighted by atomic mass is 16.6. The maximum Gasteiger partial charge on any atom is 0.260 e. The van der Waals surface area contributed by atoms with Crippen LogP contribution in [0.5, 0.6) is 5.75 Å². The summed E-state index contributed by atoms with van der Waals surface area (Å²) in [5, 5.41) is 18.3. The Hall–Kier alpha value is -2.94. The molecule has 3 heterocycles. The fourth-order valence-corrected chi connectivity index (χ4v) is 4.47. The van der Waals surface area contributed by atoms with Crippen LogP contribution in [0.2, 0.25) is 0 Å². The number of ether oxygens (including phenoxy) is 2. The van der Waals surface area contributed by atoms with Gasteiger partial charge in [-0.05, 0) is 48.7 Å². The molecule has 2 unspecified atom stereocenters. The standard InChI is InChI=1S/C25H30N4O4/c1-3-25(31)16-27(17-25)14-20-9-10-21(13-18(20)2)32-22-11-12-28(22)29-23(15-30)33-24(26-29)19-7-5-4-6-8-19/h4-10,13,15,22-23,31H,3,11-12,14,16-17H2,1-2H3. The van der Waals surface area contributed by atoms with E-state index in [-0.39, 0.29) is 6.23 Å². The predicted molar refractivity (Wildman–Crippen MR) is 123 cm³/mol. The molecule has 3 aliphatic heterocycles. The molecule has 174 valence electrons. The molecule has 0 spiro atoms. The van der Waals surface area contributed by atoms with E-state index in [1.54, 1.807) is 5.12 Å². The molecule has 0 bridgehead atoms. The second-order valence-electron chi connectivity index (χ2n) is 9.07. The van der Waals surface area contributed by atoms with E-state index in [1.807, 2.05) is 54.4 Å². The maximum absolute atomic E-state index is 11.6. The number of hydrazone groups is 1. The molecule has 0 saturated carbocycles. The van der Waals surface area contributed by atoms with Gasteiger partial charge in [-0.1, -0.05) is 31.2 Å². The minimum Gasteiger partial charge on any atom is -0.473 e. The van der Waals surface area contributed by atoms with Gasteiger partial charge in [0.2, 0.25) is 5.90 Å². The van der Waals surface area contributed by atoms with Crippen LogP contribution in [0.1, 0.15) is 36.5 Å². The molecule has 5 rings (SSSR count). The molecular weight excluding hydrogens is 420 g/mol. The van der Waals surface area contributed by atoms with Gasteiger partial charge < -0.3 is 14.6 Å². The van der Waals surface area contributed by atoms with E-state index in [0.29, 0.717) is 5.90 Å². The van der Waals surface area contributed by atoms with E-state index < -0.39 is 11.8 Å². The first-order valence-electron chi connectivity index (χ1n) is 11.5. The van der Waals surface area contributed by atoms with Gasteiger partial charge >= 0.3 is 0 Å². The number of hydrazine groups is 1. The zero-order valence-corrected chi connectivity index (χ0v) is 19.1. The van der Waals surface area contributed by atoms with Gasteiger partial charge in [0, 0.05) is 38.2 Å². The number of aldehydes is 1. The number of hydrogen-bond donors (Lipinski definition) is 1. The van der Waals surface area contributed by atoms with Crippen molar-refractivity contribution in [2.24, 2.45) is 5.10 Å². The second-order valence-corrected chi connectivity index (χ2v) is 9.07. The van der Waals surface area contributed by atoms with Gasteiger partial charge in [0.15, 0.2) is 12.5 Å². The minimum atomic E-state index is -0.797. The van der Waals surface area contributed by atoms with Crippen LogP contribution >= 0.6 is 0 Å². The average Bonchev–Trinajstić information content (AvgIpc) is 3.21. The monoisotopic (exact) mass is 450 g/mol. The van der Waals surface area contributed by atoms with Gasteiger partial charge in [-0.15, -0.1) is 5.10 Å². The van der Waals surface area contributed by atoms with Crippen molar-refractivity contribution < 1.29 is 19.4 Å². The number of aliphatic hydroxyl groups is 1. The van der Waals surface area contributed by atoms with Crippen molar-refractivity contribution in [3.05, 3.63) is 65.2 Å². The highest BCUT2D eigenvalue weighted by Gasteiger charge is 2.42. The molecule has 33 heavy (non-hydrogen) atoms. The van der Waals surface area contributed by atoms with E-state index in [0.717, 1.165) is 62.2 Å². The van der Waals surface area contributed by atoms with Crippen molar-refractivity contribution in [3.8, 4) is 5.75 Å². The molecule has 2 aromatic carbocycles. The molecule has 0 radical (unpaired) electrons. The second kappa shape index (κ2) is 8.78. The third kappa shape index (κ3) is 4.34. The number of likely N-dealkylation sites (tertiary alicyclic amines) is 1. The van der Waals surface area contributed by atoms with E-state index in [1.165, 1.54) is 5.56 Å². The normalized spacial score (nSPS) is 24.5. The van der Waals surface area contributed by atoms with Gasteiger partial charge in [0.25, 0.3) is 6.23 Å². The number of hydrogen-bond acceptors (Lipinski definition) is 8. The third-order valence-corrected chi connectivity index (χ3v) is 6.67. The number of carbonyl (C=O) groups excluding carboxylic acids is 1. The van der Waals surface area contributed by atoms with E-state index in [4.69, 9.17) is 9.47 Å². The molecule has 2 aromatic rings. The number of carbonyl (C=O) groups is 1. The lowest BCUT2D eigenvalue weighted by Crippen LogP contribution is -2.60. The van der Waals surface area contributed by atoms with Gasteiger partial charge in [0.1, 0.15) is 5.75 Å². The largest absolute Gasteiger partial charge is 0.473 e. The summed E-state index contributed by atoms with van der Waals surface area (Å²) in [4.78, 5) is 13.9. The zero-order chi connectivity index (χ0) is 23.0. The first kappa shape index (κ1) is 21.9. The summed E-state index contributed by atoms with van der Waals surface area (Å²) in [6.07, 6.45) is 1.37. The van der Waals surface area contributed by atoms with Gasteiger partial charge in [-0.3, -0.25) is 9.69 Å². The smallest absolute Gasteiger partial charge is 0.260 e. The third-order valence-electron chi connectivity index (χ3n) is 6.67. The average molecular weight is 451 g/mol. The Bertz CT molecular complexity index is 1040. The SMILES string of the molecule is CCC1(O)CN(Cc2ccc(OC3CCN3N3N=C(c4ccccc4)OC3C=O)cc2C)C1. The van der Waals surface area contributed by atoms with E-state index in [2.05, 4.69) is 23.0 Å². The Morgan fingerprint density at radius 2 is 2.03 bits per heavy atom. The predicted octanol–water partition coefficient (Wildman–Crippen LogP) is 2.50. The lowest BCUT2D eigenvalue weighted by molar-refractivity contribution is -0.218. The van der Waals surface area contributed by atoms with E-state index >= 15 is 0 Å². The van der Waals surface area contributed by atoms with Crippen LogP contribution in [0, 0.1) is 6.92 Å². The van der Waals surface area contributed by atoms with Crippen molar-refractivity contribution >= 4 is 12.2 Å². The Morgan fingerprint density at radius 3 is 2.67 bits per heavy atom. The number of benzene rings is 2. The summed E-state index contributed by atoms with van der Waals surface area (Å²) in [6.45, 7) is 7.11. The molecule has 0 aromatic heterocycles. The molecule has 0 aliphatic carbocycles. The molecule has 2 atom stereocenters. The quantitative estimate of drug-likeness (QED) is 0.619. The van der Waals surface area contributed by atoms with Crippen LogP contribution in [0.3, 0.4) is 0 Å². The summed E-state index contributed by atoms with van der Waals surface area (Å²) in [7, 11) is 0. The lowest BCUT2D eigenvalue weighted by Gasteiger charge is -2.46. The van der Waals surface area contributed by atoms with Gasteiger partial charge in [-0.25, -0.2) is 0 Å². The topological polar surface area (TPSA) is 77.8 Å². The van der Waals surface area contributed by atoms with Crippen LogP contribution in [0.4, 0.5) is 0 Å². The Balaban J connectivity index is 1.23. The van der Waals surface area contributed by atoms with Crippen LogP contribution < -0.4 is 4.74 Å². The molecule has 1 N–H and O–H groups in total. The van der Waals surface area contributed by atoms with Crippen molar-refractivity contribution in [1.82, 2.24) is 15.0 Å². The molecule has 8 heteroatoms. The molecule has 8 nitrogen and oxygen atoms in total. The van der Waals surface area contributed by atoms with Crippen LogP contribution in [-0.2, 0) is 16.1 Å². The Morgan fingerprint density at radius 1 is 1.24 bits per heavy atom. The fraction of sp³-hybridized carbons (Fsp3) is 0.440. The van der Waals surface area contributed by atoms with Gasteiger partial charge in [0.05, 0.1) is 5.60 Å². The van der Waals surface area contributed by atoms with Crippen molar-refractivity contribution in [3.63, 3.8) is 0 Å². The first-order chi connectivity index (χ1) is 16.0. The molecule has 2 fully saturated rings. The van der Waals surface area contributed by atoms with Crippen molar-refractivity contribution in [1.29, 1.82) is 0 Å². The maximum atomic E-state index is 11.6. The Kier molecular flexibility index (Phi) is 5.82. The molecule has 3 aliphatic rings. The number of rotatable bonds is 8.